The number of nitrogens with one attached hydrogen (secondary N) is 1. The van der Waals surface area contributed by atoms with Gasteiger partial charge in [-0.2, -0.15) is 13.2 Å². The highest BCUT2D eigenvalue weighted by Gasteiger charge is 2.43. The second kappa shape index (κ2) is 7.60. The number of nitro benzene ring substituents is 1. The number of para-hydroxylation sites is 1. The number of carbonyl (C=O) groups excluding carboxylic acids is 1. The van der Waals surface area contributed by atoms with Crippen LogP contribution in [0.5, 0.6) is 5.75 Å². The lowest BCUT2D eigenvalue weighted by Crippen LogP contribution is -2.17. The summed E-state index contributed by atoms with van der Waals surface area (Å²) in [5.41, 5.74) is -1.42. The number of benzene rings is 2. The first-order chi connectivity index (χ1) is 14.7. The zero-order valence-electron chi connectivity index (χ0n) is 16.2. The molecule has 1 aliphatic heterocycles. The Morgan fingerprint density at radius 2 is 1.90 bits per heavy atom. The van der Waals surface area contributed by atoms with E-state index >= 15 is 0 Å². The molecule has 0 radical (unpaired) electrons. The number of ketones is 1. The summed E-state index contributed by atoms with van der Waals surface area (Å²) in [7, 11) is 1.26. The minimum Gasteiger partial charge on any atom is -0.490 e. The molecule has 0 bridgehead atoms. The topological polar surface area (TPSA) is 90.7 Å². The van der Waals surface area contributed by atoms with Crippen LogP contribution in [0.1, 0.15) is 35.6 Å². The van der Waals surface area contributed by atoms with Gasteiger partial charge in [0.15, 0.2) is 17.7 Å². The van der Waals surface area contributed by atoms with Crippen molar-refractivity contribution in [2.75, 3.05) is 7.11 Å². The molecular weight excluding hydrogens is 417 g/mol. The molecule has 1 N–H and O–H groups in total. The molecule has 2 aliphatic rings. The summed E-state index contributed by atoms with van der Waals surface area (Å²) in [6, 6.07) is 8.61. The molecule has 2 aromatic carbocycles. The summed E-state index contributed by atoms with van der Waals surface area (Å²) in [4.78, 5) is 24.3. The molecule has 0 spiro atoms. The highest BCUT2D eigenvalue weighted by Crippen LogP contribution is 2.44. The third kappa shape index (κ3) is 3.92. The van der Waals surface area contributed by atoms with Crippen LogP contribution in [0.2, 0.25) is 0 Å². The molecule has 1 unspecified atom stereocenters. The first-order valence-electron chi connectivity index (χ1n) is 9.41. The fraction of sp³-hybridized carbons (Fsp3) is 0.286. The van der Waals surface area contributed by atoms with Crippen molar-refractivity contribution in [2.45, 2.75) is 31.2 Å². The number of rotatable bonds is 6. The van der Waals surface area contributed by atoms with Crippen LogP contribution in [0.3, 0.4) is 0 Å². The van der Waals surface area contributed by atoms with Crippen LogP contribution >= 0.6 is 0 Å². The monoisotopic (exact) mass is 434 g/mol. The predicted octanol–water partition coefficient (Wildman–Crippen LogP) is 4.38. The molecule has 1 atom stereocenters. The minimum atomic E-state index is -4.59. The van der Waals surface area contributed by atoms with Gasteiger partial charge in [0, 0.05) is 6.04 Å². The van der Waals surface area contributed by atoms with Gasteiger partial charge < -0.3 is 14.8 Å². The lowest BCUT2D eigenvalue weighted by atomic mass is 9.95. The molecule has 1 saturated carbocycles. The van der Waals surface area contributed by atoms with Gasteiger partial charge in [0.1, 0.15) is 0 Å². The lowest BCUT2D eigenvalue weighted by molar-refractivity contribution is -0.386. The van der Waals surface area contributed by atoms with Crippen molar-refractivity contribution in [3.8, 4) is 5.75 Å². The number of methoxy groups -OCH3 is 1. The fourth-order valence-corrected chi connectivity index (χ4v) is 3.43. The molecule has 0 aromatic heterocycles. The lowest BCUT2D eigenvalue weighted by Gasteiger charge is -2.14. The predicted molar refractivity (Wildman–Crippen MR) is 103 cm³/mol. The van der Waals surface area contributed by atoms with Gasteiger partial charge >= 0.3 is 11.9 Å². The van der Waals surface area contributed by atoms with E-state index in [1.54, 1.807) is 0 Å². The molecule has 1 fully saturated rings. The molecule has 31 heavy (non-hydrogen) atoms. The Kier molecular flexibility index (Phi) is 5.08. The first-order valence-corrected chi connectivity index (χ1v) is 9.41. The van der Waals surface area contributed by atoms with E-state index in [-0.39, 0.29) is 34.4 Å². The van der Waals surface area contributed by atoms with Gasteiger partial charge in [-0.3, -0.25) is 14.9 Å². The molecular formula is C21H17F3N2O5. The van der Waals surface area contributed by atoms with Crippen molar-refractivity contribution >= 4 is 17.0 Å². The number of ether oxygens (including phenoxy) is 2. The molecule has 10 heteroatoms. The fourth-order valence-electron chi connectivity index (χ4n) is 3.43. The number of Topliss-reactive ketones (excluding diaryl/α,β-unsaturated/α-hetero) is 1. The third-order valence-corrected chi connectivity index (χ3v) is 5.05. The van der Waals surface area contributed by atoms with Gasteiger partial charge in [0.25, 0.3) is 0 Å². The van der Waals surface area contributed by atoms with Crippen molar-refractivity contribution in [2.24, 2.45) is 0 Å². The minimum absolute atomic E-state index is 0.0222. The number of hydrogen-bond acceptors (Lipinski definition) is 6. The van der Waals surface area contributed by atoms with Crippen LogP contribution in [0.25, 0.3) is 5.57 Å². The van der Waals surface area contributed by atoms with Crippen LogP contribution in [0, 0.1) is 10.1 Å². The number of halogens is 3. The normalized spacial score (nSPS) is 18.7. The van der Waals surface area contributed by atoms with E-state index < -0.39 is 34.2 Å². The molecule has 1 aliphatic carbocycles. The number of hydrogen-bond donors (Lipinski definition) is 1. The van der Waals surface area contributed by atoms with Crippen LogP contribution in [0.4, 0.5) is 18.9 Å². The third-order valence-electron chi connectivity index (χ3n) is 5.05. The molecule has 0 amide bonds. The van der Waals surface area contributed by atoms with Gasteiger partial charge in [-0.25, -0.2) is 0 Å². The Hall–Kier alpha value is -3.56. The maximum Gasteiger partial charge on any atom is 0.416 e. The van der Waals surface area contributed by atoms with Crippen molar-refractivity contribution in [1.29, 1.82) is 0 Å². The molecule has 4 rings (SSSR count). The first kappa shape index (κ1) is 20.7. The Bertz CT molecular complexity index is 1090. The quantitative estimate of drug-likeness (QED) is 0.536. The van der Waals surface area contributed by atoms with Crippen molar-refractivity contribution in [3.63, 3.8) is 0 Å². The Morgan fingerprint density at radius 3 is 2.52 bits per heavy atom. The SMILES string of the molecule is COc1cccc(C2OC(NC3CC3)=C(c3cccc(C(F)(F)F)c3)C2=O)c1[N+](=O)[O-]. The number of carbonyl (C=O) groups is 1. The van der Waals surface area contributed by atoms with E-state index in [9.17, 15) is 28.1 Å². The average molecular weight is 434 g/mol. The van der Waals surface area contributed by atoms with E-state index in [4.69, 9.17) is 9.47 Å². The standard InChI is InChI=1S/C21H17F3N2O5/c1-30-15-7-3-6-14(17(15)26(28)29)19-18(27)16(20(31-19)25-13-8-9-13)11-4-2-5-12(10-11)21(22,23)24/h2-7,10,13,19,25H,8-9H2,1H3. The van der Waals surface area contributed by atoms with Gasteiger partial charge in [0.2, 0.25) is 5.78 Å². The summed E-state index contributed by atoms with van der Waals surface area (Å²) in [5, 5.41) is 14.7. The van der Waals surface area contributed by atoms with Gasteiger partial charge in [-0.15, -0.1) is 0 Å². The summed E-state index contributed by atoms with van der Waals surface area (Å²) >= 11 is 0. The van der Waals surface area contributed by atoms with Crippen LogP contribution < -0.4 is 10.1 Å². The Labute approximate surface area is 174 Å². The van der Waals surface area contributed by atoms with E-state index in [1.165, 1.54) is 37.4 Å². The highest BCUT2D eigenvalue weighted by atomic mass is 19.4. The summed E-state index contributed by atoms with van der Waals surface area (Å²) in [6.45, 7) is 0. The Balaban J connectivity index is 1.79. The smallest absolute Gasteiger partial charge is 0.416 e. The maximum atomic E-state index is 13.3. The van der Waals surface area contributed by atoms with Gasteiger partial charge in [-0.05, 0) is 42.7 Å². The zero-order valence-corrected chi connectivity index (χ0v) is 16.2. The van der Waals surface area contributed by atoms with Crippen molar-refractivity contribution in [3.05, 3.63) is 75.2 Å². The van der Waals surface area contributed by atoms with Gasteiger partial charge in [0.05, 0.1) is 28.7 Å². The maximum absolute atomic E-state index is 13.3. The zero-order chi connectivity index (χ0) is 22.3. The van der Waals surface area contributed by atoms with E-state index in [1.807, 2.05) is 0 Å². The van der Waals surface area contributed by atoms with E-state index in [2.05, 4.69) is 5.32 Å². The number of nitro groups is 1. The average Bonchev–Trinajstić information content (AvgIpc) is 3.48. The van der Waals surface area contributed by atoms with E-state index in [0.717, 1.165) is 25.0 Å². The van der Waals surface area contributed by atoms with Gasteiger partial charge in [-0.1, -0.05) is 18.2 Å². The largest absolute Gasteiger partial charge is 0.490 e. The van der Waals surface area contributed by atoms with Crippen LogP contribution in [-0.2, 0) is 15.7 Å². The molecule has 0 saturated heterocycles. The van der Waals surface area contributed by atoms with Crippen molar-refractivity contribution in [1.82, 2.24) is 5.32 Å². The molecule has 162 valence electrons. The summed E-state index contributed by atoms with van der Waals surface area (Å²) in [6.07, 6.45) is -4.34. The second-order valence-electron chi connectivity index (χ2n) is 7.22. The highest BCUT2D eigenvalue weighted by molar-refractivity contribution is 6.25. The molecule has 2 aromatic rings. The van der Waals surface area contributed by atoms with Crippen LogP contribution in [-0.4, -0.2) is 23.9 Å². The van der Waals surface area contributed by atoms with E-state index in [0.29, 0.717) is 0 Å². The molecule has 1 heterocycles. The summed E-state index contributed by atoms with van der Waals surface area (Å²) < 4.78 is 50.4. The molecule has 7 nitrogen and oxygen atoms in total. The summed E-state index contributed by atoms with van der Waals surface area (Å²) in [5.74, 6) is -0.698. The second-order valence-corrected chi connectivity index (χ2v) is 7.22. The number of alkyl halides is 3. The van der Waals surface area contributed by atoms with Crippen molar-refractivity contribution < 1.29 is 32.4 Å². The van der Waals surface area contributed by atoms with Crippen LogP contribution in [0.15, 0.2) is 48.3 Å². The number of nitrogens with zero attached hydrogens (tertiary/aromatic N) is 1. The Morgan fingerprint density at radius 1 is 1.19 bits per heavy atom.